The van der Waals surface area contributed by atoms with E-state index in [0.29, 0.717) is 0 Å². The van der Waals surface area contributed by atoms with Crippen molar-refractivity contribution in [1.82, 2.24) is 4.57 Å². The molecular formula is C61H40N2. The molecule has 0 amide bonds. The molecule has 2 aliphatic carbocycles. The molecule has 1 heterocycles. The van der Waals surface area contributed by atoms with Gasteiger partial charge in [0.25, 0.3) is 0 Å². The van der Waals surface area contributed by atoms with Gasteiger partial charge in [0.1, 0.15) is 0 Å². The molecule has 0 atom stereocenters. The van der Waals surface area contributed by atoms with Crippen molar-refractivity contribution in [3.63, 3.8) is 0 Å². The lowest BCUT2D eigenvalue weighted by Crippen LogP contribution is -2.28. The lowest BCUT2D eigenvalue weighted by atomic mass is 9.70. The monoisotopic (exact) mass is 800 g/mol. The Morgan fingerprint density at radius 3 is 1.40 bits per heavy atom. The van der Waals surface area contributed by atoms with Crippen LogP contribution in [0.1, 0.15) is 22.3 Å². The standard InChI is InChI=1S/C61H40N2/c1-2-16-41(17-3-1)44-18-14-19-47(40-44)62(45-36-32-42(33-37-45)43-34-38-46(39-35-43)63-57-29-12-7-23-51(57)52-24-8-13-30-58(52)63)59-31-15-25-53-50-22-6-11-28-56(50)61(60(53)59)54-26-9-4-20-48(54)49-21-5-10-27-55(49)61/h1-40H. The highest BCUT2D eigenvalue weighted by atomic mass is 15.1. The maximum Gasteiger partial charge on any atom is 0.0746 e. The fraction of sp³-hybridized carbons (Fsp3) is 0.0164. The minimum atomic E-state index is -0.497. The molecule has 0 radical (unpaired) electrons. The Morgan fingerprint density at radius 2 is 0.778 bits per heavy atom. The van der Waals surface area contributed by atoms with E-state index in [4.69, 9.17) is 0 Å². The van der Waals surface area contributed by atoms with E-state index in [0.717, 1.165) is 17.1 Å². The third kappa shape index (κ3) is 5.19. The van der Waals surface area contributed by atoms with Gasteiger partial charge in [0.05, 0.1) is 22.1 Å². The molecule has 2 nitrogen and oxygen atoms in total. The first-order valence-corrected chi connectivity index (χ1v) is 21.8. The minimum absolute atomic E-state index is 0.497. The summed E-state index contributed by atoms with van der Waals surface area (Å²) < 4.78 is 2.38. The minimum Gasteiger partial charge on any atom is -0.310 e. The third-order valence-corrected chi connectivity index (χ3v) is 13.6. The van der Waals surface area contributed by atoms with Crippen molar-refractivity contribution >= 4 is 38.9 Å². The molecule has 1 aromatic heterocycles. The summed E-state index contributed by atoms with van der Waals surface area (Å²) in [7, 11) is 0. The number of fused-ring (bicyclic) bond motifs is 13. The van der Waals surface area contributed by atoms with Gasteiger partial charge in [-0.2, -0.15) is 0 Å². The molecule has 13 rings (SSSR count). The van der Waals surface area contributed by atoms with E-state index in [1.165, 1.54) is 94.3 Å². The number of hydrogen-bond donors (Lipinski definition) is 0. The summed E-state index contributed by atoms with van der Waals surface area (Å²) in [6.45, 7) is 0. The van der Waals surface area contributed by atoms with Crippen LogP contribution in [0.5, 0.6) is 0 Å². The fourth-order valence-corrected chi connectivity index (χ4v) is 11.0. The molecule has 11 aromatic rings. The molecule has 0 saturated carbocycles. The van der Waals surface area contributed by atoms with Gasteiger partial charge in [-0.05, 0) is 116 Å². The molecule has 1 spiro atoms. The molecule has 2 heteroatoms. The molecule has 294 valence electrons. The van der Waals surface area contributed by atoms with Gasteiger partial charge in [-0.3, -0.25) is 0 Å². The fourth-order valence-electron chi connectivity index (χ4n) is 11.0. The van der Waals surface area contributed by atoms with Crippen LogP contribution in [0.3, 0.4) is 0 Å². The highest BCUT2D eigenvalue weighted by molar-refractivity contribution is 6.09. The number of aromatic nitrogens is 1. The van der Waals surface area contributed by atoms with Gasteiger partial charge in [0.15, 0.2) is 0 Å². The van der Waals surface area contributed by atoms with Crippen molar-refractivity contribution in [1.29, 1.82) is 0 Å². The van der Waals surface area contributed by atoms with Crippen molar-refractivity contribution in [3.8, 4) is 50.2 Å². The predicted molar refractivity (Wildman–Crippen MR) is 263 cm³/mol. The molecule has 0 fully saturated rings. The van der Waals surface area contributed by atoms with Gasteiger partial charge in [-0.1, -0.05) is 188 Å². The van der Waals surface area contributed by atoms with Gasteiger partial charge < -0.3 is 9.47 Å². The SMILES string of the molecule is c1ccc(-c2cccc(N(c3ccc(-c4ccc(-n5c6ccccc6c6ccccc65)cc4)cc3)c3cccc4c3C3(c5ccccc5-c5ccccc53)c3ccccc3-4)c2)cc1. The summed E-state index contributed by atoms with van der Waals surface area (Å²) in [5.74, 6) is 0. The van der Waals surface area contributed by atoms with E-state index in [-0.39, 0.29) is 0 Å². The quantitative estimate of drug-likeness (QED) is 0.163. The number of rotatable bonds is 6. The van der Waals surface area contributed by atoms with E-state index in [1.54, 1.807) is 0 Å². The van der Waals surface area contributed by atoms with E-state index in [9.17, 15) is 0 Å². The summed E-state index contributed by atoms with van der Waals surface area (Å²) in [6, 6.07) is 89.5. The average Bonchev–Trinajstić information content (AvgIpc) is 3.97. The second-order valence-corrected chi connectivity index (χ2v) is 16.8. The zero-order valence-electron chi connectivity index (χ0n) is 34.5. The maximum absolute atomic E-state index is 2.50. The summed E-state index contributed by atoms with van der Waals surface area (Å²) >= 11 is 0. The normalized spacial score (nSPS) is 12.9. The van der Waals surface area contributed by atoms with Crippen LogP contribution >= 0.6 is 0 Å². The molecule has 2 aliphatic rings. The molecular weight excluding hydrogens is 761 g/mol. The number of hydrogen-bond acceptors (Lipinski definition) is 1. The summed E-state index contributed by atoms with van der Waals surface area (Å²) in [5.41, 5.74) is 21.7. The predicted octanol–water partition coefficient (Wildman–Crippen LogP) is 15.9. The average molecular weight is 801 g/mol. The second-order valence-electron chi connectivity index (χ2n) is 16.8. The van der Waals surface area contributed by atoms with E-state index < -0.39 is 5.41 Å². The van der Waals surface area contributed by atoms with Crippen molar-refractivity contribution in [3.05, 3.63) is 265 Å². The van der Waals surface area contributed by atoms with E-state index in [1.807, 2.05) is 0 Å². The van der Waals surface area contributed by atoms with Crippen LogP contribution in [0.15, 0.2) is 243 Å². The Hall–Kier alpha value is -8.20. The lowest BCUT2D eigenvalue weighted by molar-refractivity contribution is 0.793. The summed E-state index contributed by atoms with van der Waals surface area (Å²) in [6.07, 6.45) is 0. The Balaban J connectivity index is 0.985. The van der Waals surface area contributed by atoms with Gasteiger partial charge >= 0.3 is 0 Å². The lowest BCUT2D eigenvalue weighted by Gasteiger charge is -2.36. The van der Waals surface area contributed by atoms with Crippen LogP contribution in [0, 0.1) is 0 Å². The van der Waals surface area contributed by atoms with Crippen molar-refractivity contribution in [2.45, 2.75) is 5.41 Å². The van der Waals surface area contributed by atoms with Crippen LogP contribution in [-0.2, 0) is 5.41 Å². The van der Waals surface area contributed by atoms with Gasteiger partial charge in [0, 0.05) is 33.4 Å². The zero-order chi connectivity index (χ0) is 41.5. The Kier molecular flexibility index (Phi) is 7.85. The van der Waals surface area contributed by atoms with Crippen LogP contribution < -0.4 is 4.90 Å². The zero-order valence-corrected chi connectivity index (χ0v) is 34.5. The Bertz CT molecular complexity index is 3440. The van der Waals surface area contributed by atoms with Crippen molar-refractivity contribution in [2.24, 2.45) is 0 Å². The van der Waals surface area contributed by atoms with Gasteiger partial charge in [0.2, 0.25) is 0 Å². The number of anilines is 3. The number of para-hydroxylation sites is 2. The molecule has 0 bridgehead atoms. The largest absolute Gasteiger partial charge is 0.310 e. The summed E-state index contributed by atoms with van der Waals surface area (Å²) in [5, 5.41) is 2.54. The molecule has 0 saturated heterocycles. The first-order chi connectivity index (χ1) is 31.3. The third-order valence-electron chi connectivity index (χ3n) is 13.6. The second kappa shape index (κ2) is 13.9. The number of benzene rings is 10. The molecule has 63 heavy (non-hydrogen) atoms. The van der Waals surface area contributed by atoms with Gasteiger partial charge in [-0.25, -0.2) is 0 Å². The van der Waals surface area contributed by atoms with E-state index >= 15 is 0 Å². The van der Waals surface area contributed by atoms with Gasteiger partial charge in [-0.15, -0.1) is 0 Å². The van der Waals surface area contributed by atoms with Crippen molar-refractivity contribution < 1.29 is 0 Å². The maximum atomic E-state index is 2.50. The van der Waals surface area contributed by atoms with Crippen LogP contribution in [-0.4, -0.2) is 4.57 Å². The molecule has 0 aliphatic heterocycles. The number of nitrogens with zero attached hydrogens (tertiary/aromatic N) is 2. The smallest absolute Gasteiger partial charge is 0.0746 e. The Labute approximate surface area is 367 Å². The van der Waals surface area contributed by atoms with Crippen LogP contribution in [0.2, 0.25) is 0 Å². The molecule has 0 N–H and O–H groups in total. The highest BCUT2D eigenvalue weighted by Crippen LogP contribution is 2.65. The van der Waals surface area contributed by atoms with Crippen molar-refractivity contribution in [2.75, 3.05) is 4.90 Å². The van der Waals surface area contributed by atoms with E-state index in [2.05, 4.69) is 252 Å². The molecule has 0 unspecified atom stereocenters. The van der Waals surface area contributed by atoms with Crippen LogP contribution in [0.25, 0.3) is 72.0 Å². The van der Waals surface area contributed by atoms with Crippen LogP contribution in [0.4, 0.5) is 17.1 Å². The summed E-state index contributed by atoms with van der Waals surface area (Å²) in [4.78, 5) is 2.50. The Morgan fingerprint density at radius 1 is 0.317 bits per heavy atom. The molecule has 10 aromatic carbocycles. The first-order valence-electron chi connectivity index (χ1n) is 21.8. The highest BCUT2D eigenvalue weighted by Gasteiger charge is 2.53. The first kappa shape index (κ1) is 35.5. The topological polar surface area (TPSA) is 8.17 Å².